The Morgan fingerprint density at radius 3 is 2.62 bits per heavy atom. The molecule has 1 N–H and O–H groups in total. The molecule has 0 aliphatic rings. The average Bonchev–Trinajstić information content (AvgIpc) is 2.62. The minimum Gasteiger partial charge on any atom is -0.489 e. The number of nitrogens with one attached hydrogen (secondary N) is 1. The molecule has 122 valence electrons. The van der Waals surface area contributed by atoms with Gasteiger partial charge in [-0.3, -0.25) is 4.98 Å². The lowest BCUT2D eigenvalue weighted by atomic mass is 10.2. The van der Waals surface area contributed by atoms with Crippen LogP contribution in [0.15, 0.2) is 72.9 Å². The first-order valence-corrected chi connectivity index (χ1v) is 8.25. The summed E-state index contributed by atoms with van der Waals surface area (Å²) in [6.07, 6.45) is 1.81. The van der Waals surface area contributed by atoms with Crippen molar-refractivity contribution < 1.29 is 4.74 Å². The third-order valence-electron chi connectivity index (χ3n) is 3.61. The number of nitrogens with zero attached hydrogens (tertiary/aromatic N) is 1. The van der Waals surface area contributed by atoms with Gasteiger partial charge in [0.15, 0.2) is 0 Å². The summed E-state index contributed by atoms with van der Waals surface area (Å²) < 4.78 is 5.85. The van der Waals surface area contributed by atoms with E-state index in [2.05, 4.69) is 16.4 Å². The van der Waals surface area contributed by atoms with E-state index in [1.165, 1.54) is 5.56 Å². The highest BCUT2D eigenvalue weighted by Crippen LogP contribution is 2.19. The van der Waals surface area contributed by atoms with E-state index in [1.807, 2.05) is 60.7 Å². The first-order valence-electron chi connectivity index (χ1n) is 7.87. The molecule has 0 aliphatic carbocycles. The van der Waals surface area contributed by atoms with Gasteiger partial charge in [0.1, 0.15) is 12.4 Å². The van der Waals surface area contributed by atoms with Crippen LogP contribution >= 0.6 is 11.6 Å². The van der Waals surface area contributed by atoms with E-state index in [-0.39, 0.29) is 0 Å². The molecule has 0 amide bonds. The number of aromatic nitrogens is 1. The van der Waals surface area contributed by atoms with E-state index >= 15 is 0 Å². The SMILES string of the molecule is Clc1ccccc1COc1cccc(CNCc2ccccn2)c1. The molecule has 3 nitrogen and oxygen atoms in total. The molecule has 0 saturated heterocycles. The molecule has 3 aromatic rings. The van der Waals surface area contributed by atoms with Gasteiger partial charge in [0.05, 0.1) is 5.69 Å². The van der Waals surface area contributed by atoms with Gasteiger partial charge in [-0.1, -0.05) is 48.0 Å². The van der Waals surface area contributed by atoms with Gasteiger partial charge in [-0.25, -0.2) is 0 Å². The maximum absolute atomic E-state index is 6.15. The molecule has 1 heterocycles. The van der Waals surface area contributed by atoms with Crippen molar-refractivity contribution in [3.8, 4) is 5.75 Å². The summed E-state index contributed by atoms with van der Waals surface area (Å²) in [6, 6.07) is 21.7. The molecule has 0 aliphatic heterocycles. The molecule has 4 heteroatoms. The first-order chi connectivity index (χ1) is 11.8. The van der Waals surface area contributed by atoms with Crippen molar-refractivity contribution in [2.45, 2.75) is 19.7 Å². The molecule has 24 heavy (non-hydrogen) atoms. The fourth-order valence-electron chi connectivity index (χ4n) is 2.36. The van der Waals surface area contributed by atoms with Crippen molar-refractivity contribution in [2.75, 3.05) is 0 Å². The fourth-order valence-corrected chi connectivity index (χ4v) is 2.55. The summed E-state index contributed by atoms with van der Waals surface area (Å²) in [7, 11) is 0. The second-order valence-corrected chi connectivity index (χ2v) is 5.86. The highest BCUT2D eigenvalue weighted by Gasteiger charge is 2.02. The summed E-state index contributed by atoms with van der Waals surface area (Å²) in [5, 5.41) is 4.12. The van der Waals surface area contributed by atoms with Crippen LogP contribution in [-0.4, -0.2) is 4.98 Å². The van der Waals surface area contributed by atoms with Gasteiger partial charge in [-0.05, 0) is 35.9 Å². The fraction of sp³-hybridized carbons (Fsp3) is 0.150. The highest BCUT2D eigenvalue weighted by atomic mass is 35.5. The van der Waals surface area contributed by atoms with Crippen molar-refractivity contribution in [2.24, 2.45) is 0 Å². The van der Waals surface area contributed by atoms with Gasteiger partial charge in [0.25, 0.3) is 0 Å². The topological polar surface area (TPSA) is 34.1 Å². The average molecular weight is 339 g/mol. The molecule has 0 radical (unpaired) electrons. The lowest BCUT2D eigenvalue weighted by Gasteiger charge is -2.10. The van der Waals surface area contributed by atoms with Gasteiger partial charge < -0.3 is 10.1 Å². The van der Waals surface area contributed by atoms with Gasteiger partial charge in [0, 0.05) is 29.9 Å². The van der Waals surface area contributed by atoms with Crippen molar-refractivity contribution >= 4 is 11.6 Å². The van der Waals surface area contributed by atoms with Gasteiger partial charge >= 0.3 is 0 Å². The maximum Gasteiger partial charge on any atom is 0.120 e. The van der Waals surface area contributed by atoms with Crippen LogP contribution in [-0.2, 0) is 19.7 Å². The predicted molar refractivity (Wildman–Crippen MR) is 97.0 cm³/mol. The Morgan fingerprint density at radius 1 is 0.917 bits per heavy atom. The first kappa shape index (κ1) is 16.5. The second-order valence-electron chi connectivity index (χ2n) is 5.45. The van der Waals surface area contributed by atoms with Crippen LogP contribution < -0.4 is 10.1 Å². The molecule has 0 bridgehead atoms. The Balaban J connectivity index is 1.53. The van der Waals surface area contributed by atoms with Gasteiger partial charge in [-0.2, -0.15) is 0 Å². The summed E-state index contributed by atoms with van der Waals surface area (Å²) in [5.41, 5.74) is 3.18. The molecule has 2 aromatic carbocycles. The van der Waals surface area contributed by atoms with E-state index in [0.717, 1.165) is 35.1 Å². The summed E-state index contributed by atoms with van der Waals surface area (Å²) in [5.74, 6) is 0.840. The number of halogens is 1. The zero-order valence-corrected chi connectivity index (χ0v) is 14.0. The van der Waals surface area contributed by atoms with Crippen molar-refractivity contribution in [3.63, 3.8) is 0 Å². The third kappa shape index (κ3) is 4.82. The van der Waals surface area contributed by atoms with Crippen LogP contribution in [0.5, 0.6) is 5.75 Å². The zero-order chi connectivity index (χ0) is 16.6. The lowest BCUT2D eigenvalue weighted by Crippen LogP contribution is -2.13. The minimum atomic E-state index is 0.463. The quantitative estimate of drug-likeness (QED) is 0.683. The third-order valence-corrected chi connectivity index (χ3v) is 3.98. The molecule has 0 spiro atoms. The number of ether oxygens (including phenoxy) is 1. The number of rotatable bonds is 7. The predicted octanol–water partition coefficient (Wildman–Crippen LogP) is 4.60. The lowest BCUT2D eigenvalue weighted by molar-refractivity contribution is 0.306. The summed E-state index contributed by atoms with van der Waals surface area (Å²) in [4.78, 5) is 4.30. The second kappa shape index (κ2) is 8.48. The normalized spacial score (nSPS) is 10.5. The summed E-state index contributed by atoms with van der Waals surface area (Å²) >= 11 is 6.15. The number of benzene rings is 2. The largest absolute Gasteiger partial charge is 0.489 e. The summed E-state index contributed by atoms with van der Waals surface area (Å²) in [6.45, 7) is 1.97. The monoisotopic (exact) mass is 338 g/mol. The standard InChI is InChI=1S/C20H19ClN2O/c21-20-10-2-1-7-17(20)15-24-19-9-5-6-16(12-19)13-22-14-18-8-3-4-11-23-18/h1-12,22H,13-15H2. The van der Waals surface area contributed by atoms with Crippen molar-refractivity contribution in [1.29, 1.82) is 0 Å². The molecule has 3 rings (SSSR count). The van der Waals surface area contributed by atoms with Crippen LogP contribution in [0.2, 0.25) is 5.02 Å². The van der Waals surface area contributed by atoms with Crippen LogP contribution in [0, 0.1) is 0 Å². The number of hydrogen-bond acceptors (Lipinski definition) is 3. The maximum atomic E-state index is 6.15. The van der Waals surface area contributed by atoms with Crippen LogP contribution in [0.25, 0.3) is 0 Å². The van der Waals surface area contributed by atoms with E-state index in [0.29, 0.717) is 6.61 Å². The molecule has 0 fully saturated rings. The van der Waals surface area contributed by atoms with E-state index in [9.17, 15) is 0 Å². The Labute approximate surface area is 147 Å². The molecule has 0 atom stereocenters. The smallest absolute Gasteiger partial charge is 0.120 e. The van der Waals surface area contributed by atoms with E-state index < -0.39 is 0 Å². The molecule has 0 unspecified atom stereocenters. The molecular weight excluding hydrogens is 320 g/mol. The van der Waals surface area contributed by atoms with Crippen LogP contribution in [0.3, 0.4) is 0 Å². The highest BCUT2D eigenvalue weighted by molar-refractivity contribution is 6.31. The Morgan fingerprint density at radius 2 is 1.79 bits per heavy atom. The number of pyridine rings is 1. The van der Waals surface area contributed by atoms with Crippen molar-refractivity contribution in [3.05, 3.63) is 94.8 Å². The molecular formula is C20H19ClN2O. The van der Waals surface area contributed by atoms with Crippen LogP contribution in [0.1, 0.15) is 16.8 Å². The van der Waals surface area contributed by atoms with Crippen LogP contribution in [0.4, 0.5) is 0 Å². The van der Waals surface area contributed by atoms with Crippen molar-refractivity contribution in [1.82, 2.24) is 10.3 Å². The Kier molecular flexibility index (Phi) is 5.83. The van der Waals surface area contributed by atoms with E-state index in [1.54, 1.807) is 6.20 Å². The molecule has 1 aromatic heterocycles. The molecule has 0 saturated carbocycles. The van der Waals surface area contributed by atoms with Gasteiger partial charge in [0.2, 0.25) is 0 Å². The zero-order valence-electron chi connectivity index (χ0n) is 13.3. The Hall–Kier alpha value is -2.36. The van der Waals surface area contributed by atoms with Gasteiger partial charge in [-0.15, -0.1) is 0 Å². The Bertz CT molecular complexity index is 777. The minimum absolute atomic E-state index is 0.463. The number of hydrogen-bond donors (Lipinski definition) is 1. The van der Waals surface area contributed by atoms with E-state index in [4.69, 9.17) is 16.3 Å².